The average Bonchev–Trinajstić information content (AvgIpc) is 2.80. The summed E-state index contributed by atoms with van der Waals surface area (Å²) in [6.07, 6.45) is 4.32. The molecule has 1 heterocycles. The Labute approximate surface area is 106 Å². The zero-order valence-electron chi connectivity index (χ0n) is 11.6. The lowest BCUT2D eigenvalue weighted by molar-refractivity contribution is -0.114. The minimum absolute atomic E-state index is 0.309. The van der Waals surface area contributed by atoms with Crippen molar-refractivity contribution in [2.75, 3.05) is 26.2 Å². The molecule has 2 N–H and O–H groups in total. The summed E-state index contributed by atoms with van der Waals surface area (Å²) < 4.78 is 5.75. The highest BCUT2D eigenvalue weighted by Gasteiger charge is 2.48. The maximum Gasteiger partial charge on any atom is 0.0655 e. The molecule has 2 aliphatic rings. The molecule has 0 aromatic heterocycles. The predicted molar refractivity (Wildman–Crippen MR) is 71.2 cm³/mol. The molecule has 0 aromatic rings. The van der Waals surface area contributed by atoms with Crippen LogP contribution in [0.5, 0.6) is 0 Å². The van der Waals surface area contributed by atoms with Gasteiger partial charge in [0.1, 0.15) is 0 Å². The van der Waals surface area contributed by atoms with Gasteiger partial charge in [0.25, 0.3) is 0 Å². The third-order valence-electron chi connectivity index (χ3n) is 4.65. The van der Waals surface area contributed by atoms with Crippen LogP contribution in [0.25, 0.3) is 0 Å². The van der Waals surface area contributed by atoms with Gasteiger partial charge < -0.3 is 15.4 Å². The second kappa shape index (κ2) is 5.68. The SMILES string of the molecule is CCOC1CC(NCCC2CCNC2)C1(C)C. The lowest BCUT2D eigenvalue weighted by Gasteiger charge is -2.52. The van der Waals surface area contributed by atoms with Crippen molar-refractivity contribution in [2.45, 2.75) is 52.2 Å². The van der Waals surface area contributed by atoms with Crippen LogP contribution < -0.4 is 10.6 Å². The molecular formula is C14H28N2O. The molecular weight excluding hydrogens is 212 g/mol. The molecule has 2 fully saturated rings. The van der Waals surface area contributed by atoms with Gasteiger partial charge in [-0.25, -0.2) is 0 Å². The summed E-state index contributed by atoms with van der Waals surface area (Å²) in [5, 5.41) is 7.15. The van der Waals surface area contributed by atoms with Crippen LogP contribution in [-0.4, -0.2) is 38.4 Å². The number of nitrogens with one attached hydrogen (secondary N) is 2. The third-order valence-corrected chi connectivity index (χ3v) is 4.65. The number of hydrogen-bond donors (Lipinski definition) is 2. The summed E-state index contributed by atoms with van der Waals surface area (Å²) in [5.41, 5.74) is 0.309. The maximum atomic E-state index is 5.75. The lowest BCUT2D eigenvalue weighted by Crippen LogP contribution is -2.61. The second-order valence-electron chi connectivity index (χ2n) is 6.16. The molecule has 17 heavy (non-hydrogen) atoms. The van der Waals surface area contributed by atoms with Crippen molar-refractivity contribution in [2.24, 2.45) is 11.3 Å². The van der Waals surface area contributed by atoms with Crippen molar-refractivity contribution < 1.29 is 4.74 Å². The van der Waals surface area contributed by atoms with Gasteiger partial charge in [-0.3, -0.25) is 0 Å². The van der Waals surface area contributed by atoms with Crippen LogP contribution in [-0.2, 0) is 4.74 Å². The van der Waals surface area contributed by atoms with Crippen LogP contribution in [0.15, 0.2) is 0 Å². The van der Waals surface area contributed by atoms with Crippen molar-refractivity contribution >= 4 is 0 Å². The van der Waals surface area contributed by atoms with Crippen LogP contribution in [0.4, 0.5) is 0 Å². The van der Waals surface area contributed by atoms with E-state index in [9.17, 15) is 0 Å². The first-order valence-electron chi connectivity index (χ1n) is 7.20. The maximum absolute atomic E-state index is 5.75. The molecule has 1 saturated carbocycles. The predicted octanol–water partition coefficient (Wildman–Crippen LogP) is 1.78. The molecule has 0 bridgehead atoms. The molecule has 0 radical (unpaired) electrons. The fourth-order valence-corrected chi connectivity index (χ4v) is 3.14. The van der Waals surface area contributed by atoms with Crippen LogP contribution in [0.1, 0.15) is 40.0 Å². The summed E-state index contributed by atoms with van der Waals surface area (Å²) >= 11 is 0. The highest BCUT2D eigenvalue weighted by molar-refractivity contribution is 5.02. The van der Waals surface area contributed by atoms with Gasteiger partial charge in [0.15, 0.2) is 0 Å². The van der Waals surface area contributed by atoms with E-state index in [0.29, 0.717) is 17.6 Å². The van der Waals surface area contributed by atoms with Crippen molar-refractivity contribution in [3.05, 3.63) is 0 Å². The Morgan fingerprint density at radius 3 is 2.82 bits per heavy atom. The normalized spacial score (nSPS) is 35.8. The smallest absolute Gasteiger partial charge is 0.0655 e. The van der Waals surface area contributed by atoms with E-state index in [4.69, 9.17) is 4.74 Å². The molecule has 0 aromatic carbocycles. The summed E-state index contributed by atoms with van der Waals surface area (Å²) in [7, 11) is 0. The van der Waals surface area contributed by atoms with E-state index in [1.54, 1.807) is 0 Å². The minimum Gasteiger partial charge on any atom is -0.378 e. The van der Waals surface area contributed by atoms with E-state index in [1.807, 2.05) is 0 Å². The Morgan fingerprint density at radius 2 is 2.24 bits per heavy atom. The van der Waals surface area contributed by atoms with E-state index in [0.717, 1.165) is 12.5 Å². The fourth-order valence-electron chi connectivity index (χ4n) is 3.14. The number of hydrogen-bond acceptors (Lipinski definition) is 3. The first-order valence-corrected chi connectivity index (χ1v) is 7.20. The molecule has 1 aliphatic carbocycles. The molecule has 3 unspecified atom stereocenters. The molecule has 3 atom stereocenters. The Bertz CT molecular complexity index is 236. The van der Waals surface area contributed by atoms with Crippen LogP contribution in [0, 0.1) is 11.3 Å². The van der Waals surface area contributed by atoms with Crippen LogP contribution >= 0.6 is 0 Å². The first kappa shape index (κ1) is 13.3. The summed E-state index contributed by atoms with van der Waals surface area (Å²) in [6.45, 7) is 11.2. The molecule has 1 aliphatic heterocycles. The number of ether oxygens (including phenoxy) is 1. The number of rotatable bonds is 6. The molecule has 3 heteroatoms. The summed E-state index contributed by atoms with van der Waals surface area (Å²) in [6, 6.07) is 0.647. The molecule has 100 valence electrons. The summed E-state index contributed by atoms with van der Waals surface area (Å²) in [4.78, 5) is 0. The quantitative estimate of drug-likeness (QED) is 0.742. The van der Waals surface area contributed by atoms with Crippen LogP contribution in [0.3, 0.4) is 0 Å². The molecule has 0 spiro atoms. The molecule has 1 saturated heterocycles. The van der Waals surface area contributed by atoms with E-state index in [2.05, 4.69) is 31.4 Å². The van der Waals surface area contributed by atoms with Gasteiger partial charge in [-0.1, -0.05) is 13.8 Å². The van der Waals surface area contributed by atoms with Crippen molar-refractivity contribution in [3.63, 3.8) is 0 Å². The molecule has 2 rings (SSSR count). The van der Waals surface area contributed by atoms with E-state index in [1.165, 1.54) is 38.9 Å². The standard InChI is InChI=1S/C14H28N2O/c1-4-17-13-9-12(14(13,2)3)16-8-6-11-5-7-15-10-11/h11-13,15-16H,4-10H2,1-3H3. The fraction of sp³-hybridized carbons (Fsp3) is 1.00. The minimum atomic E-state index is 0.309. The second-order valence-corrected chi connectivity index (χ2v) is 6.16. The van der Waals surface area contributed by atoms with Gasteiger partial charge in [-0.15, -0.1) is 0 Å². The summed E-state index contributed by atoms with van der Waals surface area (Å²) in [5.74, 6) is 0.897. The zero-order valence-corrected chi connectivity index (χ0v) is 11.6. The van der Waals surface area contributed by atoms with Gasteiger partial charge in [0, 0.05) is 18.1 Å². The Morgan fingerprint density at radius 1 is 1.41 bits per heavy atom. The zero-order chi connectivity index (χ0) is 12.3. The van der Waals surface area contributed by atoms with E-state index < -0.39 is 0 Å². The van der Waals surface area contributed by atoms with Gasteiger partial charge >= 0.3 is 0 Å². The molecule has 3 nitrogen and oxygen atoms in total. The van der Waals surface area contributed by atoms with Crippen molar-refractivity contribution in [3.8, 4) is 0 Å². The van der Waals surface area contributed by atoms with Gasteiger partial charge in [-0.05, 0) is 51.7 Å². The topological polar surface area (TPSA) is 33.3 Å². The highest BCUT2D eigenvalue weighted by Crippen LogP contribution is 2.42. The largest absolute Gasteiger partial charge is 0.378 e. The monoisotopic (exact) mass is 240 g/mol. The van der Waals surface area contributed by atoms with Crippen molar-refractivity contribution in [1.29, 1.82) is 0 Å². The Balaban J connectivity index is 1.63. The Kier molecular flexibility index (Phi) is 4.45. The lowest BCUT2D eigenvalue weighted by atomic mass is 9.64. The van der Waals surface area contributed by atoms with Gasteiger partial charge in [0.05, 0.1) is 6.10 Å². The first-order chi connectivity index (χ1) is 8.14. The van der Waals surface area contributed by atoms with E-state index in [-0.39, 0.29) is 0 Å². The van der Waals surface area contributed by atoms with Crippen molar-refractivity contribution in [1.82, 2.24) is 10.6 Å². The third kappa shape index (κ3) is 3.01. The highest BCUT2D eigenvalue weighted by atomic mass is 16.5. The van der Waals surface area contributed by atoms with Gasteiger partial charge in [-0.2, -0.15) is 0 Å². The molecule has 0 amide bonds. The Hall–Kier alpha value is -0.120. The van der Waals surface area contributed by atoms with E-state index >= 15 is 0 Å². The van der Waals surface area contributed by atoms with Gasteiger partial charge in [0.2, 0.25) is 0 Å². The van der Waals surface area contributed by atoms with Crippen LogP contribution in [0.2, 0.25) is 0 Å². The average molecular weight is 240 g/mol.